The molecule has 3 rings (SSSR count). The second-order valence-corrected chi connectivity index (χ2v) is 7.17. The van der Waals surface area contributed by atoms with Gasteiger partial charge in [-0.05, 0) is 43.2 Å². The summed E-state index contributed by atoms with van der Waals surface area (Å²) in [6.07, 6.45) is 1.12. The number of nitrogens with one attached hydrogen (secondary N) is 2. The summed E-state index contributed by atoms with van der Waals surface area (Å²) in [7, 11) is 4.11. The first-order valence-electron chi connectivity index (χ1n) is 9.77. The third kappa shape index (κ3) is 6.29. The molecule has 152 valence electrons. The van der Waals surface area contributed by atoms with Gasteiger partial charge in [-0.3, -0.25) is 0 Å². The van der Waals surface area contributed by atoms with Crippen LogP contribution >= 0.6 is 24.0 Å². The molecule has 0 radical (unpaired) electrons. The summed E-state index contributed by atoms with van der Waals surface area (Å²) < 4.78 is 0. The Morgan fingerprint density at radius 1 is 1.11 bits per heavy atom. The molecule has 5 nitrogen and oxygen atoms in total. The molecule has 0 saturated carbocycles. The van der Waals surface area contributed by atoms with Gasteiger partial charge in [0.15, 0.2) is 5.96 Å². The Balaban J connectivity index is 0.00000280. The highest BCUT2D eigenvalue weighted by Crippen LogP contribution is 2.19. The van der Waals surface area contributed by atoms with Gasteiger partial charge in [0.1, 0.15) is 0 Å². The molecule has 0 aromatic heterocycles. The van der Waals surface area contributed by atoms with Crippen LogP contribution in [0.15, 0.2) is 59.6 Å². The zero-order valence-electron chi connectivity index (χ0n) is 17.1. The predicted molar refractivity (Wildman–Crippen MR) is 131 cm³/mol. The fourth-order valence-corrected chi connectivity index (χ4v) is 3.33. The third-order valence-corrected chi connectivity index (χ3v) is 4.87. The first kappa shape index (κ1) is 22.3. The summed E-state index contributed by atoms with van der Waals surface area (Å²) in [6.45, 7) is 5.73. The second-order valence-electron chi connectivity index (χ2n) is 7.17. The first-order chi connectivity index (χ1) is 13.2. The van der Waals surface area contributed by atoms with Crippen molar-refractivity contribution in [2.45, 2.75) is 25.9 Å². The molecule has 1 unspecified atom stereocenters. The quantitative estimate of drug-likeness (QED) is 0.366. The van der Waals surface area contributed by atoms with Crippen LogP contribution < -0.4 is 20.4 Å². The van der Waals surface area contributed by atoms with E-state index in [2.05, 4.69) is 96.0 Å². The van der Waals surface area contributed by atoms with Crippen LogP contribution in [0.1, 0.15) is 18.9 Å². The van der Waals surface area contributed by atoms with Crippen molar-refractivity contribution in [3.8, 4) is 0 Å². The molecule has 1 aliphatic heterocycles. The van der Waals surface area contributed by atoms with Crippen LogP contribution in [0.3, 0.4) is 0 Å². The van der Waals surface area contributed by atoms with Crippen LogP contribution in [0.5, 0.6) is 0 Å². The van der Waals surface area contributed by atoms with Gasteiger partial charge in [0.25, 0.3) is 0 Å². The molecule has 1 saturated heterocycles. The minimum Gasteiger partial charge on any atom is -0.378 e. The van der Waals surface area contributed by atoms with Gasteiger partial charge in [0.05, 0.1) is 6.54 Å². The van der Waals surface area contributed by atoms with Gasteiger partial charge in [-0.25, -0.2) is 4.99 Å². The standard InChI is InChI=1S/C22H31N5.HI/c1-4-23-22(24-16-18-10-12-20(13-11-18)26(2)3)25-19-14-15-27(17-19)21-8-6-5-7-9-21;/h5-13,19H,4,14-17H2,1-3H3,(H2,23,24,25);1H. The highest BCUT2D eigenvalue weighted by atomic mass is 127. The Morgan fingerprint density at radius 3 is 2.46 bits per heavy atom. The Bertz CT molecular complexity index is 730. The maximum atomic E-state index is 4.78. The average Bonchev–Trinajstić information content (AvgIpc) is 3.16. The van der Waals surface area contributed by atoms with Gasteiger partial charge < -0.3 is 20.4 Å². The van der Waals surface area contributed by atoms with Crippen molar-refractivity contribution in [1.29, 1.82) is 0 Å². The van der Waals surface area contributed by atoms with E-state index in [4.69, 9.17) is 4.99 Å². The molecule has 0 bridgehead atoms. The average molecular weight is 493 g/mol. The van der Waals surface area contributed by atoms with Crippen molar-refractivity contribution in [1.82, 2.24) is 10.6 Å². The molecule has 28 heavy (non-hydrogen) atoms. The fourth-order valence-electron chi connectivity index (χ4n) is 3.33. The van der Waals surface area contributed by atoms with Gasteiger partial charge in [0.2, 0.25) is 0 Å². The molecule has 1 aliphatic rings. The molecular formula is C22H32IN5. The van der Waals surface area contributed by atoms with E-state index in [1.165, 1.54) is 16.9 Å². The molecule has 6 heteroatoms. The van der Waals surface area contributed by atoms with E-state index in [1.807, 2.05) is 0 Å². The normalized spacial score (nSPS) is 16.5. The predicted octanol–water partition coefficient (Wildman–Crippen LogP) is 3.70. The van der Waals surface area contributed by atoms with Crippen LogP contribution in [0, 0.1) is 0 Å². The van der Waals surface area contributed by atoms with Crippen LogP contribution in [0.2, 0.25) is 0 Å². The Morgan fingerprint density at radius 2 is 1.82 bits per heavy atom. The molecule has 1 heterocycles. The number of guanidine groups is 1. The lowest BCUT2D eigenvalue weighted by Crippen LogP contribution is -2.44. The topological polar surface area (TPSA) is 42.9 Å². The lowest BCUT2D eigenvalue weighted by Gasteiger charge is -2.20. The van der Waals surface area contributed by atoms with Crippen LogP contribution in [0.25, 0.3) is 0 Å². The van der Waals surface area contributed by atoms with Gasteiger partial charge >= 0.3 is 0 Å². The Kier molecular flexibility index (Phi) is 8.89. The van der Waals surface area contributed by atoms with E-state index >= 15 is 0 Å². The largest absolute Gasteiger partial charge is 0.378 e. The molecule has 0 amide bonds. The highest BCUT2D eigenvalue weighted by Gasteiger charge is 2.23. The number of benzene rings is 2. The third-order valence-electron chi connectivity index (χ3n) is 4.87. The maximum absolute atomic E-state index is 4.78. The van der Waals surface area contributed by atoms with Crippen molar-refractivity contribution >= 4 is 41.3 Å². The number of aliphatic imine (C=N–C) groups is 1. The van der Waals surface area contributed by atoms with Crippen molar-refractivity contribution in [2.24, 2.45) is 4.99 Å². The lowest BCUT2D eigenvalue weighted by atomic mass is 10.2. The molecule has 1 fully saturated rings. The summed E-state index contributed by atoms with van der Waals surface area (Å²) in [5.74, 6) is 0.897. The molecule has 1 atom stereocenters. The monoisotopic (exact) mass is 493 g/mol. The molecule has 0 aliphatic carbocycles. The number of rotatable bonds is 6. The number of anilines is 2. The maximum Gasteiger partial charge on any atom is 0.191 e. The summed E-state index contributed by atoms with van der Waals surface area (Å²) in [6, 6.07) is 19.6. The number of para-hydroxylation sites is 1. The van der Waals surface area contributed by atoms with Crippen molar-refractivity contribution < 1.29 is 0 Å². The SMILES string of the molecule is CCNC(=NCc1ccc(N(C)C)cc1)NC1CCN(c2ccccc2)C1.I. The number of hydrogen-bond acceptors (Lipinski definition) is 3. The minimum absolute atomic E-state index is 0. The van der Waals surface area contributed by atoms with Crippen LogP contribution in [-0.4, -0.2) is 45.7 Å². The van der Waals surface area contributed by atoms with Gasteiger partial charge in [-0.2, -0.15) is 0 Å². The lowest BCUT2D eigenvalue weighted by molar-refractivity contribution is 0.649. The van der Waals surface area contributed by atoms with Crippen molar-refractivity contribution in [2.75, 3.05) is 43.5 Å². The van der Waals surface area contributed by atoms with Crippen LogP contribution in [0.4, 0.5) is 11.4 Å². The number of nitrogens with zero attached hydrogens (tertiary/aromatic N) is 3. The Labute approximate surface area is 186 Å². The second kappa shape index (κ2) is 11.1. The zero-order valence-corrected chi connectivity index (χ0v) is 19.4. The number of halogens is 1. The fraction of sp³-hybridized carbons (Fsp3) is 0.409. The molecular weight excluding hydrogens is 461 g/mol. The first-order valence-corrected chi connectivity index (χ1v) is 9.77. The van der Waals surface area contributed by atoms with Gasteiger partial charge in [0, 0.05) is 51.1 Å². The van der Waals surface area contributed by atoms with Gasteiger partial charge in [-0.1, -0.05) is 30.3 Å². The molecule has 0 spiro atoms. The van der Waals surface area contributed by atoms with E-state index in [0.717, 1.165) is 32.0 Å². The van der Waals surface area contributed by atoms with Crippen molar-refractivity contribution in [3.05, 3.63) is 60.2 Å². The highest BCUT2D eigenvalue weighted by molar-refractivity contribution is 14.0. The van der Waals surface area contributed by atoms with Crippen molar-refractivity contribution in [3.63, 3.8) is 0 Å². The molecule has 2 aromatic carbocycles. The molecule has 2 aromatic rings. The van der Waals surface area contributed by atoms with Gasteiger partial charge in [-0.15, -0.1) is 24.0 Å². The summed E-state index contributed by atoms with van der Waals surface area (Å²) >= 11 is 0. The Hall–Kier alpha value is -1.96. The smallest absolute Gasteiger partial charge is 0.191 e. The molecule has 2 N–H and O–H groups in total. The zero-order chi connectivity index (χ0) is 19.1. The van der Waals surface area contributed by atoms with E-state index in [-0.39, 0.29) is 24.0 Å². The summed E-state index contributed by atoms with van der Waals surface area (Å²) in [5.41, 5.74) is 3.72. The van der Waals surface area contributed by atoms with Crippen LogP contribution in [-0.2, 0) is 6.54 Å². The van der Waals surface area contributed by atoms with E-state index in [0.29, 0.717) is 12.6 Å². The number of hydrogen-bond donors (Lipinski definition) is 2. The summed E-state index contributed by atoms with van der Waals surface area (Å²) in [4.78, 5) is 9.32. The van der Waals surface area contributed by atoms with E-state index in [9.17, 15) is 0 Å². The minimum atomic E-state index is 0. The summed E-state index contributed by atoms with van der Waals surface area (Å²) in [5, 5.41) is 6.98. The van der Waals surface area contributed by atoms with E-state index < -0.39 is 0 Å². The van der Waals surface area contributed by atoms with E-state index in [1.54, 1.807) is 0 Å².